The number of aromatic nitrogens is 2. The fourth-order valence-corrected chi connectivity index (χ4v) is 3.76. The molecule has 1 fully saturated rings. The third kappa shape index (κ3) is 2.47. The van der Waals surface area contributed by atoms with Crippen LogP contribution in [0.1, 0.15) is 46.1 Å². The second-order valence-corrected chi connectivity index (χ2v) is 6.36. The van der Waals surface area contributed by atoms with Crippen LogP contribution in [0.2, 0.25) is 0 Å². The molecule has 1 aromatic heterocycles. The zero-order chi connectivity index (χ0) is 15.0. The van der Waals surface area contributed by atoms with Crippen molar-refractivity contribution < 1.29 is 4.74 Å². The van der Waals surface area contributed by atoms with Gasteiger partial charge in [-0.15, -0.1) is 0 Å². The summed E-state index contributed by atoms with van der Waals surface area (Å²) >= 11 is 0. The van der Waals surface area contributed by atoms with Crippen LogP contribution in [0.4, 0.5) is 5.95 Å². The summed E-state index contributed by atoms with van der Waals surface area (Å²) in [5.41, 5.74) is 8.24. The molecule has 1 saturated carbocycles. The number of imidazole rings is 1. The third-order valence-electron chi connectivity index (χ3n) is 4.73. The van der Waals surface area contributed by atoms with Gasteiger partial charge < -0.3 is 15.0 Å². The molecule has 4 heteroatoms. The van der Waals surface area contributed by atoms with Crippen LogP contribution in [0.25, 0.3) is 11.0 Å². The number of nitrogens with two attached hydrogens (primary N) is 1. The quantitative estimate of drug-likeness (QED) is 0.927. The number of hydrogen-bond donors (Lipinski definition) is 1. The summed E-state index contributed by atoms with van der Waals surface area (Å²) in [6, 6.07) is 6.55. The van der Waals surface area contributed by atoms with E-state index in [1.165, 1.54) is 19.3 Å². The molecule has 21 heavy (non-hydrogen) atoms. The third-order valence-corrected chi connectivity index (χ3v) is 4.73. The number of nitrogens with zero attached hydrogens (tertiary/aromatic N) is 2. The topological polar surface area (TPSA) is 53.1 Å². The lowest BCUT2D eigenvalue weighted by Gasteiger charge is -2.34. The van der Waals surface area contributed by atoms with Gasteiger partial charge in [0.25, 0.3) is 0 Å². The zero-order valence-electron chi connectivity index (χ0n) is 13.2. The van der Waals surface area contributed by atoms with Gasteiger partial charge in [-0.25, -0.2) is 4.98 Å². The number of benzene rings is 1. The maximum absolute atomic E-state index is 6.24. The maximum Gasteiger partial charge on any atom is 0.201 e. The molecule has 0 saturated heterocycles. The SMILES string of the molecule is CCOc1cccc2c1nc(N)n2C1CCC(C)CC1C. The van der Waals surface area contributed by atoms with Gasteiger partial charge in [-0.3, -0.25) is 0 Å². The average Bonchev–Trinajstić information content (AvgIpc) is 2.77. The standard InChI is InChI=1S/C17H25N3O/c1-4-21-15-7-5-6-14-16(15)19-17(18)20(14)13-9-8-11(2)10-12(13)3/h5-7,11-13H,4,8-10H2,1-3H3,(H2,18,19). The van der Waals surface area contributed by atoms with Gasteiger partial charge in [0.05, 0.1) is 12.1 Å². The minimum atomic E-state index is 0.447. The fourth-order valence-electron chi connectivity index (χ4n) is 3.76. The molecule has 1 aliphatic rings. The summed E-state index contributed by atoms with van der Waals surface area (Å²) in [7, 11) is 0. The van der Waals surface area contributed by atoms with Crippen LogP contribution in [-0.2, 0) is 0 Å². The van der Waals surface area contributed by atoms with E-state index in [0.717, 1.165) is 22.7 Å². The second kappa shape index (κ2) is 5.58. The first-order valence-electron chi connectivity index (χ1n) is 8.01. The summed E-state index contributed by atoms with van der Waals surface area (Å²) in [5, 5.41) is 0. The highest BCUT2D eigenvalue weighted by Gasteiger charge is 2.29. The summed E-state index contributed by atoms with van der Waals surface area (Å²) in [6.45, 7) is 7.31. The summed E-state index contributed by atoms with van der Waals surface area (Å²) < 4.78 is 7.92. The van der Waals surface area contributed by atoms with Crippen molar-refractivity contribution in [1.82, 2.24) is 9.55 Å². The number of para-hydroxylation sites is 1. The molecule has 0 spiro atoms. The van der Waals surface area contributed by atoms with Gasteiger partial charge in [-0.1, -0.05) is 19.9 Å². The first-order valence-corrected chi connectivity index (χ1v) is 8.01. The van der Waals surface area contributed by atoms with Gasteiger partial charge in [-0.2, -0.15) is 0 Å². The molecule has 3 rings (SSSR count). The van der Waals surface area contributed by atoms with E-state index in [1.807, 2.05) is 19.1 Å². The molecule has 0 bridgehead atoms. The molecule has 1 heterocycles. The van der Waals surface area contributed by atoms with E-state index in [4.69, 9.17) is 10.5 Å². The Balaban J connectivity index is 2.06. The lowest BCUT2D eigenvalue weighted by molar-refractivity contribution is 0.213. The molecule has 3 unspecified atom stereocenters. The normalized spacial score (nSPS) is 26.1. The Hall–Kier alpha value is -1.71. The Morgan fingerprint density at radius 1 is 1.33 bits per heavy atom. The Morgan fingerprint density at radius 3 is 2.86 bits per heavy atom. The lowest BCUT2D eigenvalue weighted by atomic mass is 9.79. The van der Waals surface area contributed by atoms with E-state index in [9.17, 15) is 0 Å². The van der Waals surface area contributed by atoms with Crippen molar-refractivity contribution in [2.24, 2.45) is 11.8 Å². The molecule has 3 atom stereocenters. The van der Waals surface area contributed by atoms with Gasteiger partial charge in [0.1, 0.15) is 11.3 Å². The highest BCUT2D eigenvalue weighted by atomic mass is 16.5. The predicted octanol–water partition coefficient (Wildman–Crippen LogP) is 4.01. The molecular weight excluding hydrogens is 262 g/mol. The molecule has 0 aliphatic heterocycles. The highest BCUT2D eigenvalue weighted by molar-refractivity contribution is 5.84. The molecule has 4 nitrogen and oxygen atoms in total. The van der Waals surface area contributed by atoms with Gasteiger partial charge in [-0.05, 0) is 50.2 Å². The van der Waals surface area contributed by atoms with E-state index >= 15 is 0 Å². The van der Waals surface area contributed by atoms with Gasteiger partial charge >= 0.3 is 0 Å². The number of nitrogen functional groups attached to an aromatic ring is 1. The van der Waals surface area contributed by atoms with Crippen molar-refractivity contribution in [3.05, 3.63) is 18.2 Å². The molecule has 1 aromatic carbocycles. The molecular formula is C17H25N3O. The summed E-state index contributed by atoms with van der Waals surface area (Å²) in [4.78, 5) is 4.58. The summed E-state index contributed by atoms with van der Waals surface area (Å²) in [6.07, 6.45) is 3.70. The van der Waals surface area contributed by atoms with Crippen molar-refractivity contribution in [3.63, 3.8) is 0 Å². The first kappa shape index (κ1) is 14.2. The van der Waals surface area contributed by atoms with Crippen LogP contribution in [0, 0.1) is 11.8 Å². The van der Waals surface area contributed by atoms with E-state index in [-0.39, 0.29) is 0 Å². The number of anilines is 1. The maximum atomic E-state index is 6.24. The largest absolute Gasteiger partial charge is 0.492 e. The van der Waals surface area contributed by atoms with E-state index in [2.05, 4.69) is 29.5 Å². The van der Waals surface area contributed by atoms with Crippen LogP contribution in [-0.4, -0.2) is 16.2 Å². The molecule has 2 N–H and O–H groups in total. The molecule has 0 radical (unpaired) electrons. The predicted molar refractivity (Wildman–Crippen MR) is 86.5 cm³/mol. The number of fused-ring (bicyclic) bond motifs is 1. The zero-order valence-corrected chi connectivity index (χ0v) is 13.2. The molecule has 1 aliphatic carbocycles. The number of ether oxygens (including phenoxy) is 1. The van der Waals surface area contributed by atoms with Gasteiger partial charge in [0.2, 0.25) is 5.95 Å². The van der Waals surface area contributed by atoms with Crippen LogP contribution in [0.5, 0.6) is 5.75 Å². The summed E-state index contributed by atoms with van der Waals surface area (Å²) in [5.74, 6) is 2.89. The fraction of sp³-hybridized carbons (Fsp3) is 0.588. The molecule has 2 aromatic rings. The Labute approximate surface area is 126 Å². The van der Waals surface area contributed by atoms with Crippen LogP contribution in [0.3, 0.4) is 0 Å². The van der Waals surface area contributed by atoms with Gasteiger partial charge in [0.15, 0.2) is 0 Å². The van der Waals surface area contributed by atoms with Crippen molar-refractivity contribution >= 4 is 17.0 Å². The van der Waals surface area contributed by atoms with E-state index in [1.54, 1.807) is 0 Å². The van der Waals surface area contributed by atoms with Crippen LogP contribution in [0.15, 0.2) is 18.2 Å². The van der Waals surface area contributed by atoms with Gasteiger partial charge in [0, 0.05) is 6.04 Å². The van der Waals surface area contributed by atoms with Crippen LogP contribution >= 0.6 is 0 Å². The Kier molecular flexibility index (Phi) is 3.79. The molecule has 0 amide bonds. The number of hydrogen-bond acceptors (Lipinski definition) is 3. The first-order chi connectivity index (χ1) is 10.1. The highest BCUT2D eigenvalue weighted by Crippen LogP contribution is 2.40. The van der Waals surface area contributed by atoms with Crippen LogP contribution < -0.4 is 10.5 Å². The second-order valence-electron chi connectivity index (χ2n) is 6.36. The average molecular weight is 287 g/mol. The van der Waals surface area contributed by atoms with E-state index < -0.39 is 0 Å². The monoisotopic (exact) mass is 287 g/mol. The number of rotatable bonds is 3. The minimum absolute atomic E-state index is 0.447. The van der Waals surface area contributed by atoms with Crippen molar-refractivity contribution in [2.45, 2.75) is 46.1 Å². The van der Waals surface area contributed by atoms with E-state index in [0.29, 0.717) is 24.5 Å². The lowest BCUT2D eigenvalue weighted by Crippen LogP contribution is -2.25. The van der Waals surface area contributed by atoms with Crippen molar-refractivity contribution in [2.75, 3.05) is 12.3 Å². The van der Waals surface area contributed by atoms with Crippen molar-refractivity contribution in [3.8, 4) is 5.75 Å². The smallest absolute Gasteiger partial charge is 0.201 e. The minimum Gasteiger partial charge on any atom is -0.492 e. The molecule has 114 valence electrons. The Bertz CT molecular complexity index is 634. The van der Waals surface area contributed by atoms with Crippen molar-refractivity contribution in [1.29, 1.82) is 0 Å². The Morgan fingerprint density at radius 2 is 2.14 bits per heavy atom.